The third-order valence-corrected chi connectivity index (χ3v) is 4.84. The van der Waals surface area contributed by atoms with Gasteiger partial charge in [0.1, 0.15) is 5.78 Å². The van der Waals surface area contributed by atoms with Crippen molar-refractivity contribution in [3.63, 3.8) is 0 Å². The minimum Gasteiger partial charge on any atom is -0.356 e. The Balaban J connectivity index is 1.57. The second-order valence-corrected chi connectivity index (χ2v) is 6.51. The molecule has 2 aliphatic rings. The molecule has 0 unspecified atom stereocenters. The normalized spacial score (nSPS) is 25.6. The Hall–Kier alpha value is -2.46. The molecule has 2 aromatic carbocycles. The maximum Gasteiger partial charge on any atom is 0.261 e. The molecule has 0 aliphatic carbocycles. The minimum absolute atomic E-state index is 0.0890. The molecule has 4 heteroatoms. The Kier molecular flexibility index (Phi) is 3.69. The standard InChI is InChI=1S/C20H19NO3/c22-15-12-16(11-10-14-6-2-1-3-7-14)24-20(13-15)17-8-4-5-9-18(17)21-19(20)23/h1-9,16H,10-13H2,(H,21,23)/t16-,20+/m1/s1. The van der Waals surface area contributed by atoms with Gasteiger partial charge in [-0.3, -0.25) is 9.59 Å². The predicted octanol–water partition coefficient (Wildman–Crippen LogP) is 3.21. The molecule has 0 aromatic heterocycles. The molecule has 1 fully saturated rings. The van der Waals surface area contributed by atoms with Crippen molar-refractivity contribution in [2.75, 3.05) is 5.32 Å². The van der Waals surface area contributed by atoms with Crippen LogP contribution in [-0.4, -0.2) is 17.8 Å². The zero-order chi connectivity index (χ0) is 16.6. The van der Waals surface area contributed by atoms with E-state index in [4.69, 9.17) is 4.74 Å². The SMILES string of the molecule is O=C1C[C@@H](CCc2ccccc2)O[C@]2(C1)C(=O)Nc1ccccc12. The molecule has 1 saturated heterocycles. The molecule has 4 nitrogen and oxygen atoms in total. The molecule has 4 rings (SSSR count). The van der Waals surface area contributed by atoms with Gasteiger partial charge in [0, 0.05) is 24.1 Å². The summed E-state index contributed by atoms with van der Waals surface area (Å²) in [5.41, 5.74) is 1.60. The summed E-state index contributed by atoms with van der Waals surface area (Å²) in [7, 11) is 0. The van der Waals surface area contributed by atoms with E-state index < -0.39 is 5.60 Å². The third-order valence-electron chi connectivity index (χ3n) is 4.84. The smallest absolute Gasteiger partial charge is 0.261 e. The van der Waals surface area contributed by atoms with E-state index in [1.807, 2.05) is 42.5 Å². The van der Waals surface area contributed by atoms with E-state index in [2.05, 4.69) is 17.4 Å². The fourth-order valence-corrected chi connectivity index (χ4v) is 3.69. The van der Waals surface area contributed by atoms with Crippen LogP contribution in [-0.2, 0) is 26.3 Å². The van der Waals surface area contributed by atoms with Crippen molar-refractivity contribution in [3.8, 4) is 0 Å². The number of benzene rings is 2. The molecule has 1 N–H and O–H groups in total. The number of anilines is 1. The van der Waals surface area contributed by atoms with Crippen molar-refractivity contribution in [1.29, 1.82) is 0 Å². The monoisotopic (exact) mass is 321 g/mol. The summed E-state index contributed by atoms with van der Waals surface area (Å²) < 4.78 is 6.23. The van der Waals surface area contributed by atoms with Gasteiger partial charge in [-0.05, 0) is 24.5 Å². The molecular weight excluding hydrogens is 302 g/mol. The van der Waals surface area contributed by atoms with Crippen LogP contribution in [0.25, 0.3) is 0 Å². The van der Waals surface area contributed by atoms with E-state index >= 15 is 0 Å². The Morgan fingerprint density at radius 1 is 1.04 bits per heavy atom. The summed E-state index contributed by atoms with van der Waals surface area (Å²) in [5, 5.41) is 2.86. The topological polar surface area (TPSA) is 55.4 Å². The highest BCUT2D eigenvalue weighted by atomic mass is 16.5. The van der Waals surface area contributed by atoms with Crippen molar-refractivity contribution in [3.05, 3.63) is 65.7 Å². The zero-order valence-corrected chi connectivity index (χ0v) is 13.3. The van der Waals surface area contributed by atoms with Gasteiger partial charge in [0.2, 0.25) is 0 Å². The number of ether oxygens (including phenoxy) is 1. The number of Topliss-reactive ketones (excluding diaryl/α,β-unsaturated/α-hetero) is 1. The van der Waals surface area contributed by atoms with Gasteiger partial charge in [0.05, 0.1) is 6.10 Å². The van der Waals surface area contributed by atoms with Crippen molar-refractivity contribution >= 4 is 17.4 Å². The van der Waals surface area contributed by atoms with Crippen LogP contribution in [0.2, 0.25) is 0 Å². The van der Waals surface area contributed by atoms with Crippen LogP contribution >= 0.6 is 0 Å². The second-order valence-electron chi connectivity index (χ2n) is 6.51. The molecule has 1 amide bonds. The average molecular weight is 321 g/mol. The van der Waals surface area contributed by atoms with Crippen LogP contribution < -0.4 is 5.32 Å². The Morgan fingerprint density at radius 2 is 1.79 bits per heavy atom. The predicted molar refractivity (Wildman–Crippen MR) is 90.6 cm³/mol. The van der Waals surface area contributed by atoms with Gasteiger partial charge in [0.25, 0.3) is 5.91 Å². The molecule has 0 bridgehead atoms. The largest absolute Gasteiger partial charge is 0.356 e. The van der Waals surface area contributed by atoms with Crippen LogP contribution in [0.5, 0.6) is 0 Å². The van der Waals surface area contributed by atoms with Gasteiger partial charge in [-0.1, -0.05) is 48.5 Å². The number of fused-ring (bicyclic) bond motifs is 2. The highest BCUT2D eigenvalue weighted by Gasteiger charge is 2.53. The first kappa shape index (κ1) is 15.1. The summed E-state index contributed by atoms with van der Waals surface area (Å²) >= 11 is 0. The quantitative estimate of drug-likeness (QED) is 0.944. The van der Waals surface area contributed by atoms with Crippen LogP contribution in [0.1, 0.15) is 30.4 Å². The lowest BCUT2D eigenvalue weighted by Gasteiger charge is -2.36. The molecule has 2 atom stereocenters. The molecule has 0 saturated carbocycles. The minimum atomic E-state index is -1.15. The number of carbonyl (C=O) groups is 2. The van der Waals surface area contributed by atoms with Crippen LogP contribution in [0.4, 0.5) is 5.69 Å². The molecule has 122 valence electrons. The van der Waals surface area contributed by atoms with Gasteiger partial charge in [0.15, 0.2) is 5.60 Å². The van der Waals surface area contributed by atoms with Crippen LogP contribution in [0.3, 0.4) is 0 Å². The highest BCUT2D eigenvalue weighted by Crippen LogP contribution is 2.45. The number of amides is 1. The number of hydrogen-bond donors (Lipinski definition) is 1. The molecule has 2 aliphatic heterocycles. The average Bonchev–Trinajstić information content (AvgIpc) is 2.85. The summed E-state index contributed by atoms with van der Waals surface area (Å²) in [6.07, 6.45) is 1.83. The number of para-hydroxylation sites is 1. The summed E-state index contributed by atoms with van der Waals surface area (Å²) in [6, 6.07) is 17.6. The molecular formula is C20H19NO3. The zero-order valence-electron chi connectivity index (χ0n) is 13.3. The van der Waals surface area contributed by atoms with E-state index in [1.165, 1.54) is 5.56 Å². The Bertz CT molecular complexity index is 786. The van der Waals surface area contributed by atoms with Gasteiger partial charge < -0.3 is 10.1 Å². The van der Waals surface area contributed by atoms with Gasteiger partial charge in [-0.15, -0.1) is 0 Å². The van der Waals surface area contributed by atoms with E-state index in [-0.39, 0.29) is 24.2 Å². The van der Waals surface area contributed by atoms with E-state index in [0.29, 0.717) is 6.42 Å². The first-order chi connectivity index (χ1) is 11.7. The van der Waals surface area contributed by atoms with E-state index in [0.717, 1.165) is 24.1 Å². The third kappa shape index (κ3) is 2.53. The Labute approximate surface area is 140 Å². The molecule has 2 heterocycles. The van der Waals surface area contributed by atoms with E-state index in [1.54, 1.807) is 0 Å². The summed E-state index contributed by atoms with van der Waals surface area (Å²) in [6.45, 7) is 0. The fraction of sp³-hybridized carbons (Fsp3) is 0.300. The maximum absolute atomic E-state index is 12.6. The number of ketones is 1. The van der Waals surface area contributed by atoms with Gasteiger partial charge >= 0.3 is 0 Å². The highest BCUT2D eigenvalue weighted by molar-refractivity contribution is 6.07. The van der Waals surface area contributed by atoms with Gasteiger partial charge in [-0.2, -0.15) is 0 Å². The van der Waals surface area contributed by atoms with Crippen molar-refractivity contribution < 1.29 is 14.3 Å². The second kappa shape index (κ2) is 5.87. The fourth-order valence-electron chi connectivity index (χ4n) is 3.69. The maximum atomic E-state index is 12.6. The van der Waals surface area contributed by atoms with Crippen molar-refractivity contribution in [2.45, 2.75) is 37.4 Å². The van der Waals surface area contributed by atoms with Crippen LogP contribution in [0, 0.1) is 0 Å². The summed E-state index contributed by atoms with van der Waals surface area (Å²) in [5.74, 6) is -0.132. The lowest BCUT2D eigenvalue weighted by atomic mass is 9.84. The number of hydrogen-bond acceptors (Lipinski definition) is 3. The van der Waals surface area contributed by atoms with E-state index in [9.17, 15) is 9.59 Å². The number of rotatable bonds is 3. The Morgan fingerprint density at radius 3 is 2.62 bits per heavy atom. The lowest BCUT2D eigenvalue weighted by molar-refractivity contribution is -0.170. The van der Waals surface area contributed by atoms with Gasteiger partial charge in [-0.25, -0.2) is 0 Å². The first-order valence-electron chi connectivity index (χ1n) is 8.32. The van der Waals surface area contributed by atoms with Crippen molar-refractivity contribution in [2.24, 2.45) is 0 Å². The molecule has 2 aromatic rings. The first-order valence-corrected chi connectivity index (χ1v) is 8.32. The number of carbonyl (C=O) groups excluding carboxylic acids is 2. The number of nitrogens with one attached hydrogen (secondary N) is 1. The van der Waals surface area contributed by atoms with Crippen molar-refractivity contribution in [1.82, 2.24) is 0 Å². The van der Waals surface area contributed by atoms with Crippen LogP contribution in [0.15, 0.2) is 54.6 Å². The number of aryl methyl sites for hydroxylation is 1. The molecule has 1 spiro atoms. The molecule has 24 heavy (non-hydrogen) atoms. The molecule has 0 radical (unpaired) electrons. The summed E-state index contributed by atoms with van der Waals surface area (Å²) in [4.78, 5) is 24.9. The lowest BCUT2D eigenvalue weighted by Crippen LogP contribution is -2.47.